The lowest BCUT2D eigenvalue weighted by Crippen LogP contribution is -2.04. The first-order valence-corrected chi connectivity index (χ1v) is 8.21. The van der Waals surface area contributed by atoms with Crippen LogP contribution in [0.2, 0.25) is 0 Å². The Labute approximate surface area is 148 Å². The van der Waals surface area contributed by atoms with E-state index < -0.39 is 0 Å². The Morgan fingerprint density at radius 2 is 1.56 bits per heavy atom. The van der Waals surface area contributed by atoms with Gasteiger partial charge in [0.1, 0.15) is 5.75 Å². The van der Waals surface area contributed by atoms with Gasteiger partial charge in [-0.3, -0.25) is 0 Å². The van der Waals surface area contributed by atoms with E-state index in [9.17, 15) is 0 Å². The second-order valence-corrected chi connectivity index (χ2v) is 5.19. The van der Waals surface area contributed by atoms with Crippen LogP contribution in [-0.2, 0) is 11.2 Å². The van der Waals surface area contributed by atoms with Crippen molar-refractivity contribution >= 4 is 0 Å². The molecule has 0 fully saturated rings. The van der Waals surface area contributed by atoms with E-state index >= 15 is 0 Å². The molecule has 0 radical (unpaired) electrons. The summed E-state index contributed by atoms with van der Waals surface area (Å²) in [4.78, 5) is 0. The van der Waals surface area contributed by atoms with Gasteiger partial charge in [0.15, 0.2) is 0 Å². The highest BCUT2D eigenvalue weighted by Gasteiger charge is 2.02. The molecule has 0 bridgehead atoms. The normalized spacial score (nSPS) is 10.0. The predicted octanol–water partition coefficient (Wildman–Crippen LogP) is 3.12. The van der Waals surface area contributed by atoms with Crippen LogP contribution in [0.25, 0.3) is 5.69 Å². The molecule has 0 spiro atoms. The Kier molecular flexibility index (Phi) is 8.24. The highest BCUT2D eigenvalue weighted by molar-refractivity contribution is 5.36. The van der Waals surface area contributed by atoms with Crippen LogP contribution in [-0.4, -0.2) is 41.8 Å². The smallest absolute Gasteiger partial charge is 0.119 e. The topological polar surface area (TPSA) is 56.5 Å². The Morgan fingerprint density at radius 1 is 0.920 bits per heavy atom. The van der Waals surface area contributed by atoms with Crippen LogP contribution in [0.3, 0.4) is 0 Å². The Morgan fingerprint density at radius 3 is 2.12 bits per heavy atom. The molecule has 5 nitrogen and oxygen atoms in total. The van der Waals surface area contributed by atoms with Gasteiger partial charge in [-0.25, -0.2) is 4.68 Å². The number of hydrogen-bond acceptors (Lipinski definition) is 4. The van der Waals surface area contributed by atoms with Crippen LogP contribution < -0.4 is 4.74 Å². The molecule has 0 unspecified atom stereocenters. The Hall–Kier alpha value is -2.63. The van der Waals surface area contributed by atoms with Crippen molar-refractivity contribution in [3.05, 3.63) is 78.6 Å². The lowest BCUT2D eigenvalue weighted by Gasteiger charge is -2.03. The number of aliphatic hydroxyl groups is 1. The first-order chi connectivity index (χ1) is 12.3. The van der Waals surface area contributed by atoms with E-state index in [1.165, 1.54) is 0 Å². The minimum absolute atomic E-state index is 0.0558. The van der Waals surface area contributed by atoms with Gasteiger partial charge in [0.05, 0.1) is 38.3 Å². The molecule has 0 saturated carbocycles. The summed E-state index contributed by atoms with van der Waals surface area (Å²) >= 11 is 0. The van der Waals surface area contributed by atoms with Crippen LogP contribution in [0.4, 0.5) is 0 Å². The maximum absolute atomic E-state index is 8.60. The molecule has 132 valence electrons. The van der Waals surface area contributed by atoms with Gasteiger partial charge in [-0.15, -0.1) is 0 Å². The van der Waals surface area contributed by atoms with E-state index in [1.54, 1.807) is 7.11 Å². The van der Waals surface area contributed by atoms with Crippen LogP contribution in [0.1, 0.15) is 5.69 Å². The molecular formula is C20H24N2O3. The van der Waals surface area contributed by atoms with E-state index in [0.29, 0.717) is 13.2 Å². The molecule has 5 heteroatoms. The molecule has 0 atom stereocenters. The van der Waals surface area contributed by atoms with Gasteiger partial charge < -0.3 is 14.6 Å². The summed E-state index contributed by atoms with van der Waals surface area (Å²) in [5.74, 6) is 0.827. The van der Waals surface area contributed by atoms with Crippen LogP contribution in [0.15, 0.2) is 72.9 Å². The first-order valence-electron chi connectivity index (χ1n) is 8.21. The molecule has 0 aliphatic carbocycles. The largest absolute Gasteiger partial charge is 0.497 e. The average Bonchev–Trinajstić information content (AvgIpc) is 3.16. The van der Waals surface area contributed by atoms with Gasteiger partial charge >= 0.3 is 0 Å². The molecule has 3 aromatic rings. The molecule has 1 heterocycles. The van der Waals surface area contributed by atoms with Crippen molar-refractivity contribution in [1.29, 1.82) is 0 Å². The quantitative estimate of drug-likeness (QED) is 0.672. The van der Waals surface area contributed by atoms with Crippen molar-refractivity contribution in [3.63, 3.8) is 0 Å². The molecule has 0 saturated heterocycles. The maximum Gasteiger partial charge on any atom is 0.119 e. The van der Waals surface area contributed by atoms with Gasteiger partial charge in [0.2, 0.25) is 0 Å². The fraction of sp³-hybridized carbons (Fsp3) is 0.250. The molecular weight excluding hydrogens is 316 g/mol. The number of aromatic nitrogens is 2. The van der Waals surface area contributed by atoms with Crippen LogP contribution in [0.5, 0.6) is 5.75 Å². The van der Waals surface area contributed by atoms with Gasteiger partial charge in [-0.1, -0.05) is 36.4 Å². The summed E-state index contributed by atoms with van der Waals surface area (Å²) in [5, 5.41) is 13.1. The third kappa shape index (κ3) is 6.79. The number of nitrogens with zero attached hydrogens (tertiary/aromatic N) is 2. The van der Waals surface area contributed by atoms with Gasteiger partial charge in [0, 0.05) is 12.6 Å². The third-order valence-electron chi connectivity index (χ3n) is 3.39. The van der Waals surface area contributed by atoms with E-state index in [1.807, 2.05) is 77.6 Å². The van der Waals surface area contributed by atoms with E-state index in [-0.39, 0.29) is 6.61 Å². The number of aliphatic hydroxyl groups excluding tert-OH is 1. The van der Waals surface area contributed by atoms with Crippen molar-refractivity contribution in [3.8, 4) is 11.4 Å². The van der Waals surface area contributed by atoms with Gasteiger partial charge in [-0.05, 0) is 30.3 Å². The highest BCUT2D eigenvalue weighted by Crippen LogP contribution is 2.14. The zero-order valence-electron chi connectivity index (χ0n) is 14.4. The molecule has 25 heavy (non-hydrogen) atoms. The second kappa shape index (κ2) is 11.0. The fourth-order valence-corrected chi connectivity index (χ4v) is 2.10. The molecule has 0 amide bonds. The summed E-state index contributed by atoms with van der Waals surface area (Å²) in [6, 6.07) is 21.7. The van der Waals surface area contributed by atoms with E-state index in [4.69, 9.17) is 14.6 Å². The van der Waals surface area contributed by atoms with Crippen molar-refractivity contribution in [2.24, 2.45) is 0 Å². The monoisotopic (exact) mass is 340 g/mol. The zero-order valence-corrected chi connectivity index (χ0v) is 14.4. The number of rotatable bonds is 7. The molecule has 0 aliphatic heterocycles. The van der Waals surface area contributed by atoms with Gasteiger partial charge in [0.25, 0.3) is 0 Å². The minimum atomic E-state index is 0.0558. The van der Waals surface area contributed by atoms with Crippen LogP contribution in [0, 0.1) is 0 Å². The average molecular weight is 340 g/mol. The zero-order chi connectivity index (χ0) is 17.7. The number of methoxy groups -OCH3 is 1. The van der Waals surface area contributed by atoms with Crippen molar-refractivity contribution in [2.75, 3.05) is 26.9 Å². The molecule has 2 aromatic carbocycles. The highest BCUT2D eigenvalue weighted by atomic mass is 16.5. The van der Waals surface area contributed by atoms with E-state index in [2.05, 4.69) is 5.10 Å². The van der Waals surface area contributed by atoms with Crippen molar-refractivity contribution in [2.45, 2.75) is 6.42 Å². The maximum atomic E-state index is 8.60. The fourth-order valence-electron chi connectivity index (χ4n) is 2.10. The number of hydrogen-bond donors (Lipinski definition) is 1. The number of benzene rings is 2. The molecule has 1 aromatic heterocycles. The van der Waals surface area contributed by atoms with Gasteiger partial charge in [-0.2, -0.15) is 5.10 Å². The third-order valence-corrected chi connectivity index (χ3v) is 3.39. The van der Waals surface area contributed by atoms with E-state index in [0.717, 1.165) is 23.6 Å². The summed E-state index contributed by atoms with van der Waals surface area (Å²) in [6.07, 6.45) is 2.66. The van der Waals surface area contributed by atoms with Crippen molar-refractivity contribution < 1.29 is 14.6 Å². The second-order valence-electron chi connectivity index (χ2n) is 5.19. The predicted molar refractivity (Wildman–Crippen MR) is 98.2 cm³/mol. The first kappa shape index (κ1) is 18.7. The standard InChI is InChI=1S/C14H18N2O3.C6H6/c1-18-14-4-2-13(3-5-14)16-8-6-12(15-16)7-10-19-11-9-17;1-2-4-6-5-3-1/h2-6,8,17H,7,9-11H2,1H3;1-6H. The summed E-state index contributed by atoms with van der Waals surface area (Å²) < 4.78 is 12.2. The SMILES string of the molecule is COc1ccc(-n2ccc(CCOCCO)n2)cc1.c1ccccc1. The Bertz CT molecular complexity index is 670. The lowest BCUT2D eigenvalue weighted by atomic mass is 10.3. The summed E-state index contributed by atoms with van der Waals surface area (Å²) in [6.45, 7) is 1.000. The Balaban J connectivity index is 0.000000316. The molecule has 3 rings (SSSR count). The number of ether oxygens (including phenoxy) is 2. The lowest BCUT2D eigenvalue weighted by molar-refractivity contribution is 0.0940. The summed E-state index contributed by atoms with van der Waals surface area (Å²) in [5.41, 5.74) is 1.96. The summed E-state index contributed by atoms with van der Waals surface area (Å²) in [7, 11) is 1.65. The molecule has 1 N–H and O–H groups in total. The van der Waals surface area contributed by atoms with Crippen LogP contribution >= 0.6 is 0 Å². The molecule has 0 aliphatic rings. The minimum Gasteiger partial charge on any atom is -0.497 e. The van der Waals surface area contributed by atoms with Crippen molar-refractivity contribution in [1.82, 2.24) is 9.78 Å².